The van der Waals surface area contributed by atoms with Crippen LogP contribution in [-0.2, 0) is 15.9 Å². The SMILES string of the molecule is CC(C)(C)OC(=O)N1CCC[C@@H](Cc2ccccc2[N+](=O)[O-])C1.CC(C)(C)OC(=O)N1CCC[C@@H](N)C1.O=[N+]([O-])c1ccccc1F. The van der Waals surface area contributed by atoms with Crippen molar-refractivity contribution in [1.29, 1.82) is 0 Å². The van der Waals surface area contributed by atoms with Crippen molar-refractivity contribution in [1.82, 2.24) is 9.80 Å². The van der Waals surface area contributed by atoms with Crippen molar-refractivity contribution in [2.24, 2.45) is 11.7 Å². The molecule has 2 aliphatic heterocycles. The van der Waals surface area contributed by atoms with Crippen LogP contribution in [0.5, 0.6) is 0 Å². The van der Waals surface area contributed by atoms with Gasteiger partial charge in [-0.3, -0.25) is 20.2 Å². The Labute approximate surface area is 275 Å². The van der Waals surface area contributed by atoms with E-state index in [0.717, 1.165) is 49.9 Å². The van der Waals surface area contributed by atoms with E-state index in [2.05, 4.69) is 0 Å². The van der Waals surface area contributed by atoms with Crippen LogP contribution in [-0.4, -0.2) is 75.3 Å². The molecule has 2 atom stereocenters. The number of piperidine rings is 2. The maximum absolute atomic E-state index is 12.4. The van der Waals surface area contributed by atoms with Crippen LogP contribution in [0.4, 0.5) is 25.4 Å². The van der Waals surface area contributed by atoms with E-state index < -0.39 is 27.6 Å². The summed E-state index contributed by atoms with van der Waals surface area (Å²) in [6.45, 7) is 13.8. The van der Waals surface area contributed by atoms with Crippen LogP contribution in [0.2, 0.25) is 0 Å². The second-order valence-electron chi connectivity index (χ2n) is 13.6. The number of para-hydroxylation sites is 2. The molecule has 0 unspecified atom stereocenters. The quantitative estimate of drug-likeness (QED) is 0.271. The predicted octanol–water partition coefficient (Wildman–Crippen LogP) is 6.86. The van der Waals surface area contributed by atoms with Gasteiger partial charge in [0.1, 0.15) is 11.2 Å². The molecule has 0 bridgehead atoms. The summed E-state index contributed by atoms with van der Waals surface area (Å²) >= 11 is 0. The van der Waals surface area contributed by atoms with Crippen LogP contribution in [0.1, 0.15) is 72.8 Å². The zero-order chi connectivity index (χ0) is 35.4. The van der Waals surface area contributed by atoms with Gasteiger partial charge in [-0.15, -0.1) is 0 Å². The van der Waals surface area contributed by atoms with Crippen LogP contribution in [0.25, 0.3) is 0 Å². The number of nitro groups is 2. The van der Waals surface area contributed by atoms with Gasteiger partial charge in [-0.1, -0.05) is 30.3 Å². The molecule has 0 spiro atoms. The highest BCUT2D eigenvalue weighted by molar-refractivity contribution is 5.68. The Balaban J connectivity index is 0.000000271. The van der Waals surface area contributed by atoms with Crippen molar-refractivity contribution >= 4 is 23.6 Å². The number of nitrogens with two attached hydrogens (primary N) is 1. The number of likely N-dealkylation sites (tertiary alicyclic amines) is 2. The lowest BCUT2D eigenvalue weighted by Gasteiger charge is -2.34. The van der Waals surface area contributed by atoms with Crippen molar-refractivity contribution in [3.8, 4) is 0 Å². The third-order valence-electron chi connectivity index (χ3n) is 7.03. The summed E-state index contributed by atoms with van der Waals surface area (Å²) in [4.78, 5) is 47.2. The van der Waals surface area contributed by atoms with Gasteiger partial charge in [0.2, 0.25) is 5.82 Å². The Morgan fingerprint density at radius 2 is 1.28 bits per heavy atom. The number of nitro benzene ring substituents is 2. The average Bonchev–Trinajstić information content (AvgIpc) is 2.96. The molecule has 2 aliphatic rings. The van der Waals surface area contributed by atoms with E-state index in [1.165, 1.54) is 18.2 Å². The summed E-state index contributed by atoms with van der Waals surface area (Å²) in [5, 5.41) is 21.1. The molecule has 2 N–H and O–H groups in total. The minimum absolute atomic E-state index is 0.108. The summed E-state index contributed by atoms with van der Waals surface area (Å²) in [6, 6.07) is 11.9. The monoisotopic (exact) mass is 661 g/mol. The number of nitrogens with zero attached hydrogens (tertiary/aromatic N) is 4. The number of halogens is 1. The highest BCUT2D eigenvalue weighted by Crippen LogP contribution is 2.27. The fourth-order valence-corrected chi connectivity index (χ4v) is 5.00. The first-order valence-corrected chi connectivity index (χ1v) is 15.7. The Hall–Kier alpha value is -4.33. The molecule has 4 rings (SSSR count). The van der Waals surface area contributed by atoms with E-state index in [9.17, 15) is 34.2 Å². The van der Waals surface area contributed by atoms with Crippen LogP contribution >= 0.6 is 0 Å². The van der Waals surface area contributed by atoms with Gasteiger partial charge in [0.25, 0.3) is 5.69 Å². The number of ether oxygens (including phenoxy) is 2. The van der Waals surface area contributed by atoms with Gasteiger partial charge in [0.15, 0.2) is 0 Å². The van der Waals surface area contributed by atoms with E-state index in [4.69, 9.17) is 15.2 Å². The molecule has 13 nitrogen and oxygen atoms in total. The molecule has 14 heteroatoms. The average molecular weight is 662 g/mol. The molecule has 0 aliphatic carbocycles. The molecule has 2 aromatic rings. The first kappa shape index (κ1) is 38.9. The zero-order valence-electron chi connectivity index (χ0n) is 28.1. The molecule has 260 valence electrons. The molecule has 2 heterocycles. The third-order valence-corrected chi connectivity index (χ3v) is 7.03. The maximum atomic E-state index is 12.4. The molecule has 2 fully saturated rings. The predicted molar refractivity (Wildman–Crippen MR) is 175 cm³/mol. The van der Waals surface area contributed by atoms with E-state index in [1.807, 2.05) is 47.6 Å². The summed E-state index contributed by atoms with van der Waals surface area (Å²) in [5.41, 5.74) is 5.25. The third kappa shape index (κ3) is 14.3. The van der Waals surface area contributed by atoms with E-state index in [-0.39, 0.29) is 34.8 Å². The number of carbonyl (C=O) groups is 2. The highest BCUT2D eigenvalue weighted by Gasteiger charge is 2.29. The molecule has 47 heavy (non-hydrogen) atoms. The van der Waals surface area contributed by atoms with E-state index >= 15 is 0 Å². The fraction of sp³-hybridized carbons (Fsp3) is 0.576. The van der Waals surface area contributed by atoms with E-state index in [0.29, 0.717) is 26.1 Å². The van der Waals surface area contributed by atoms with Gasteiger partial charge >= 0.3 is 17.9 Å². The molecule has 2 aromatic carbocycles. The summed E-state index contributed by atoms with van der Waals surface area (Å²) in [7, 11) is 0. The fourth-order valence-electron chi connectivity index (χ4n) is 5.00. The van der Waals surface area contributed by atoms with Gasteiger partial charge in [-0.2, -0.15) is 4.39 Å². The molecular formula is C33H48FN5O8. The highest BCUT2D eigenvalue weighted by atomic mass is 19.1. The van der Waals surface area contributed by atoms with Crippen molar-refractivity contribution in [2.75, 3.05) is 26.2 Å². The maximum Gasteiger partial charge on any atom is 0.410 e. The summed E-state index contributed by atoms with van der Waals surface area (Å²) in [6.07, 6.45) is 3.89. The summed E-state index contributed by atoms with van der Waals surface area (Å²) in [5.74, 6) is -0.579. The molecule has 0 aromatic heterocycles. The Kier molecular flexibility index (Phi) is 14.5. The van der Waals surface area contributed by atoms with Crippen LogP contribution < -0.4 is 5.73 Å². The topological polar surface area (TPSA) is 171 Å². The number of rotatable bonds is 4. The second kappa shape index (κ2) is 17.5. The van der Waals surface area contributed by atoms with Crippen molar-refractivity contribution < 1.29 is 33.3 Å². The number of hydrogen-bond acceptors (Lipinski definition) is 9. The first-order chi connectivity index (χ1) is 21.9. The number of hydrogen-bond donors (Lipinski definition) is 1. The molecular weight excluding hydrogens is 613 g/mol. The zero-order valence-corrected chi connectivity index (χ0v) is 28.1. The number of carbonyl (C=O) groups excluding carboxylic acids is 2. The van der Waals surface area contributed by atoms with Crippen LogP contribution in [0.3, 0.4) is 0 Å². The van der Waals surface area contributed by atoms with Gasteiger partial charge in [0, 0.05) is 49.9 Å². The minimum atomic E-state index is -0.799. The smallest absolute Gasteiger partial charge is 0.410 e. The molecule has 2 saturated heterocycles. The second-order valence-corrected chi connectivity index (χ2v) is 13.6. The van der Waals surface area contributed by atoms with Gasteiger partial charge in [-0.05, 0) is 85.6 Å². The number of amides is 2. The van der Waals surface area contributed by atoms with Crippen molar-refractivity contribution in [3.05, 3.63) is 80.1 Å². The Bertz CT molecular complexity index is 1360. The molecule has 0 radical (unpaired) electrons. The molecule has 2 amide bonds. The standard InChI is InChI=1S/C17H24N2O4.C10H20N2O2.C6H4FNO2/c1-17(2,3)23-16(20)18-10-6-7-13(12-18)11-14-8-4-5-9-15(14)19(21)22;1-10(2,3)14-9(13)12-6-4-5-8(11)7-12;7-5-3-1-2-4-6(5)8(9)10/h4-5,8-9,13H,6-7,10-12H2,1-3H3;8H,4-7,11H2,1-3H3;1-4H/t13-;8-;/m01./s1. The lowest BCUT2D eigenvalue weighted by atomic mass is 9.91. The molecule has 0 saturated carbocycles. The lowest BCUT2D eigenvalue weighted by molar-refractivity contribution is -0.387. The first-order valence-electron chi connectivity index (χ1n) is 15.7. The Morgan fingerprint density at radius 1 is 0.809 bits per heavy atom. The number of benzene rings is 2. The largest absolute Gasteiger partial charge is 0.444 e. The van der Waals surface area contributed by atoms with Gasteiger partial charge < -0.3 is 25.0 Å². The van der Waals surface area contributed by atoms with Crippen LogP contribution in [0.15, 0.2) is 48.5 Å². The summed E-state index contributed by atoms with van der Waals surface area (Å²) < 4.78 is 23.1. The van der Waals surface area contributed by atoms with Gasteiger partial charge in [0.05, 0.1) is 9.85 Å². The van der Waals surface area contributed by atoms with Crippen molar-refractivity contribution in [2.45, 2.75) is 90.9 Å². The van der Waals surface area contributed by atoms with E-state index in [1.54, 1.807) is 21.9 Å². The van der Waals surface area contributed by atoms with Gasteiger partial charge in [-0.25, -0.2) is 9.59 Å². The normalized spacial score (nSPS) is 18.0. The van der Waals surface area contributed by atoms with Crippen molar-refractivity contribution in [3.63, 3.8) is 0 Å². The Morgan fingerprint density at radius 3 is 1.74 bits per heavy atom. The minimum Gasteiger partial charge on any atom is -0.444 e. The van der Waals surface area contributed by atoms with Crippen LogP contribution in [0, 0.1) is 32.0 Å². The lowest BCUT2D eigenvalue weighted by Crippen LogP contribution is -2.47.